The summed E-state index contributed by atoms with van der Waals surface area (Å²) in [6.07, 6.45) is -0.174. The Morgan fingerprint density at radius 3 is 2.40 bits per heavy atom. The number of rotatable bonds is 4. The highest BCUT2D eigenvalue weighted by molar-refractivity contribution is 9.10. The smallest absolute Gasteiger partial charge is 0.305 e. The van der Waals surface area contributed by atoms with Gasteiger partial charge in [-0.3, -0.25) is 9.59 Å². The lowest BCUT2D eigenvalue weighted by Gasteiger charge is -2.30. The maximum Gasteiger partial charge on any atom is 0.305 e. The third-order valence-electron chi connectivity index (χ3n) is 2.93. The molecule has 1 rings (SSSR count). The molecular formula is C14H18BrNO4. The molecule has 0 aromatic heterocycles. The van der Waals surface area contributed by atoms with Crippen molar-refractivity contribution in [2.75, 3.05) is 0 Å². The van der Waals surface area contributed by atoms with E-state index in [1.54, 1.807) is 6.07 Å². The summed E-state index contributed by atoms with van der Waals surface area (Å²) < 4.78 is 0.657. The summed E-state index contributed by atoms with van der Waals surface area (Å²) in [5.74, 6) is -1.62. The second kappa shape index (κ2) is 6.26. The lowest BCUT2D eigenvalue weighted by atomic mass is 9.84. The molecule has 0 aliphatic heterocycles. The molecule has 20 heavy (non-hydrogen) atoms. The fraction of sp³-hybridized carbons (Fsp3) is 0.429. The van der Waals surface area contributed by atoms with Crippen LogP contribution in [-0.2, 0) is 4.79 Å². The van der Waals surface area contributed by atoms with E-state index in [9.17, 15) is 14.7 Å². The summed E-state index contributed by atoms with van der Waals surface area (Å²) in [5, 5.41) is 21.3. The maximum absolute atomic E-state index is 12.1. The van der Waals surface area contributed by atoms with Gasteiger partial charge in [-0.2, -0.15) is 0 Å². The van der Waals surface area contributed by atoms with E-state index in [-0.39, 0.29) is 17.7 Å². The van der Waals surface area contributed by atoms with E-state index in [4.69, 9.17) is 5.11 Å². The summed E-state index contributed by atoms with van der Waals surface area (Å²) in [6.45, 7) is 5.55. The maximum atomic E-state index is 12.1. The number of phenols is 1. The van der Waals surface area contributed by atoms with Gasteiger partial charge in [0.05, 0.1) is 12.0 Å². The molecule has 0 heterocycles. The number of halogens is 1. The number of benzene rings is 1. The quantitative estimate of drug-likeness (QED) is 0.784. The Kier molecular flexibility index (Phi) is 5.16. The minimum atomic E-state index is -0.981. The van der Waals surface area contributed by atoms with Crippen molar-refractivity contribution in [3.63, 3.8) is 0 Å². The molecule has 0 aliphatic carbocycles. The fourth-order valence-corrected chi connectivity index (χ4v) is 2.03. The highest BCUT2D eigenvalue weighted by Gasteiger charge is 2.29. The molecule has 0 bridgehead atoms. The summed E-state index contributed by atoms with van der Waals surface area (Å²) >= 11 is 3.19. The number of hydrogen-bond donors (Lipinski definition) is 3. The number of carbonyl (C=O) groups excluding carboxylic acids is 1. The largest absolute Gasteiger partial charge is 0.507 e. The van der Waals surface area contributed by atoms with Gasteiger partial charge in [-0.1, -0.05) is 36.7 Å². The second-order valence-corrected chi connectivity index (χ2v) is 6.57. The first-order valence-electron chi connectivity index (χ1n) is 6.12. The molecule has 1 aromatic rings. The van der Waals surface area contributed by atoms with Crippen LogP contribution in [0.15, 0.2) is 22.7 Å². The standard InChI is InChI=1S/C14H18BrNO4/c1-14(2,3)11(7-12(18)19)16-13(20)9-5-4-8(15)6-10(9)17/h4-6,11,17H,7H2,1-3H3,(H,16,20)(H,18,19). The lowest BCUT2D eigenvalue weighted by Crippen LogP contribution is -2.45. The van der Waals surface area contributed by atoms with E-state index in [1.807, 2.05) is 20.8 Å². The Bertz CT molecular complexity index is 522. The van der Waals surface area contributed by atoms with Crippen LogP contribution in [0.25, 0.3) is 0 Å². The van der Waals surface area contributed by atoms with Gasteiger partial charge in [0.1, 0.15) is 5.75 Å². The first kappa shape index (κ1) is 16.5. The zero-order valence-corrected chi connectivity index (χ0v) is 13.2. The molecule has 0 radical (unpaired) electrons. The number of phenolic OH excluding ortho intramolecular Hbond substituents is 1. The fourth-order valence-electron chi connectivity index (χ4n) is 1.68. The van der Waals surface area contributed by atoms with Crippen molar-refractivity contribution in [3.05, 3.63) is 28.2 Å². The zero-order valence-electron chi connectivity index (χ0n) is 11.6. The van der Waals surface area contributed by atoms with Gasteiger partial charge >= 0.3 is 5.97 Å². The number of carbonyl (C=O) groups is 2. The summed E-state index contributed by atoms with van der Waals surface area (Å²) in [5.41, 5.74) is -0.285. The highest BCUT2D eigenvalue weighted by atomic mass is 79.9. The third-order valence-corrected chi connectivity index (χ3v) is 3.43. The van der Waals surface area contributed by atoms with Crippen LogP contribution in [-0.4, -0.2) is 28.1 Å². The highest BCUT2D eigenvalue weighted by Crippen LogP contribution is 2.25. The zero-order chi connectivity index (χ0) is 15.5. The Balaban J connectivity index is 2.93. The predicted molar refractivity (Wildman–Crippen MR) is 78.8 cm³/mol. The van der Waals surface area contributed by atoms with Crippen LogP contribution in [0.4, 0.5) is 0 Å². The van der Waals surface area contributed by atoms with E-state index in [2.05, 4.69) is 21.2 Å². The minimum Gasteiger partial charge on any atom is -0.507 e. The van der Waals surface area contributed by atoms with Gasteiger partial charge in [0.15, 0.2) is 0 Å². The van der Waals surface area contributed by atoms with Crippen molar-refractivity contribution in [2.45, 2.75) is 33.2 Å². The van der Waals surface area contributed by atoms with Gasteiger partial charge in [0.25, 0.3) is 5.91 Å². The number of amides is 1. The van der Waals surface area contributed by atoms with Gasteiger partial charge in [-0.15, -0.1) is 0 Å². The molecule has 0 spiro atoms. The minimum absolute atomic E-state index is 0.118. The first-order chi connectivity index (χ1) is 9.11. The summed E-state index contributed by atoms with van der Waals surface area (Å²) in [4.78, 5) is 23.0. The molecule has 0 saturated heterocycles. The average molecular weight is 344 g/mol. The van der Waals surface area contributed by atoms with E-state index >= 15 is 0 Å². The summed E-state index contributed by atoms with van der Waals surface area (Å²) in [6, 6.07) is 4.00. The Morgan fingerprint density at radius 2 is 1.95 bits per heavy atom. The topological polar surface area (TPSA) is 86.6 Å². The average Bonchev–Trinajstić information content (AvgIpc) is 2.25. The molecule has 6 heteroatoms. The van der Waals surface area contributed by atoms with Gasteiger partial charge in [0.2, 0.25) is 0 Å². The Morgan fingerprint density at radius 1 is 1.35 bits per heavy atom. The number of carboxylic acid groups (broad SMARTS) is 1. The molecule has 1 aromatic carbocycles. The number of aliphatic carboxylic acids is 1. The lowest BCUT2D eigenvalue weighted by molar-refractivity contribution is -0.138. The monoisotopic (exact) mass is 343 g/mol. The molecule has 3 N–H and O–H groups in total. The van der Waals surface area contributed by atoms with Crippen LogP contribution in [0, 0.1) is 5.41 Å². The van der Waals surface area contributed by atoms with Crippen molar-refractivity contribution in [1.29, 1.82) is 0 Å². The van der Waals surface area contributed by atoms with Crippen LogP contribution in [0.5, 0.6) is 5.75 Å². The second-order valence-electron chi connectivity index (χ2n) is 5.65. The number of hydrogen-bond acceptors (Lipinski definition) is 3. The number of aromatic hydroxyl groups is 1. The molecule has 5 nitrogen and oxygen atoms in total. The van der Waals surface area contributed by atoms with Crippen molar-refractivity contribution in [1.82, 2.24) is 5.32 Å². The molecule has 1 amide bonds. The van der Waals surface area contributed by atoms with Gasteiger partial charge in [0, 0.05) is 10.5 Å². The predicted octanol–water partition coefficient (Wildman–Crippen LogP) is 2.77. The van der Waals surface area contributed by atoms with Crippen LogP contribution >= 0.6 is 15.9 Å². The van der Waals surface area contributed by atoms with Gasteiger partial charge < -0.3 is 15.5 Å². The molecule has 1 atom stereocenters. The van der Waals surface area contributed by atoms with Crippen LogP contribution in [0.3, 0.4) is 0 Å². The van der Waals surface area contributed by atoms with Crippen LogP contribution in [0.2, 0.25) is 0 Å². The van der Waals surface area contributed by atoms with Crippen molar-refractivity contribution in [2.24, 2.45) is 5.41 Å². The van der Waals surface area contributed by atoms with Crippen molar-refractivity contribution < 1.29 is 19.8 Å². The van der Waals surface area contributed by atoms with E-state index in [1.165, 1.54) is 12.1 Å². The molecule has 0 fully saturated rings. The molecule has 0 aliphatic rings. The van der Waals surface area contributed by atoms with Gasteiger partial charge in [-0.25, -0.2) is 0 Å². The van der Waals surface area contributed by atoms with E-state index in [0.717, 1.165) is 0 Å². The Labute approximate surface area is 126 Å². The molecule has 0 saturated carbocycles. The normalized spacial score (nSPS) is 12.8. The third kappa shape index (κ3) is 4.52. The van der Waals surface area contributed by atoms with E-state index in [0.29, 0.717) is 4.47 Å². The van der Waals surface area contributed by atoms with Crippen molar-refractivity contribution >= 4 is 27.8 Å². The first-order valence-corrected chi connectivity index (χ1v) is 6.91. The molecule has 110 valence electrons. The van der Waals surface area contributed by atoms with Crippen molar-refractivity contribution in [3.8, 4) is 5.75 Å². The number of nitrogens with one attached hydrogen (secondary N) is 1. The van der Waals surface area contributed by atoms with E-state index < -0.39 is 23.3 Å². The summed E-state index contributed by atoms with van der Waals surface area (Å²) in [7, 11) is 0. The van der Waals surface area contributed by atoms with Crippen LogP contribution in [0.1, 0.15) is 37.6 Å². The SMILES string of the molecule is CC(C)(C)C(CC(=O)O)NC(=O)c1ccc(Br)cc1O. The molecular weight excluding hydrogens is 326 g/mol. The van der Waals surface area contributed by atoms with Crippen LogP contribution < -0.4 is 5.32 Å². The number of carboxylic acids is 1. The Hall–Kier alpha value is -1.56. The molecule has 1 unspecified atom stereocenters. The van der Waals surface area contributed by atoms with Gasteiger partial charge in [-0.05, 0) is 23.6 Å².